The van der Waals surface area contributed by atoms with Crippen LogP contribution in [0.25, 0.3) is 0 Å². The number of hydrogen-bond donors (Lipinski definition) is 3. The van der Waals surface area contributed by atoms with Crippen LogP contribution in [0.3, 0.4) is 0 Å². The number of carbonyl (C=O) groups is 1. The second-order valence-electron chi connectivity index (χ2n) is 5.72. The first-order valence-electron chi connectivity index (χ1n) is 6.86. The second kappa shape index (κ2) is 5.51. The number of nitrogen functional groups attached to an aromatic ring is 1. The van der Waals surface area contributed by atoms with Gasteiger partial charge in [0.05, 0.1) is 5.56 Å². The molecule has 0 aromatic heterocycles. The second-order valence-corrected chi connectivity index (χ2v) is 5.72. The molecule has 0 amide bonds. The summed E-state index contributed by atoms with van der Waals surface area (Å²) < 4.78 is 0. The molecule has 4 N–H and O–H groups in total. The summed E-state index contributed by atoms with van der Waals surface area (Å²) in [7, 11) is 0. The molecule has 0 heterocycles. The summed E-state index contributed by atoms with van der Waals surface area (Å²) in [5, 5.41) is 12.5. The third-order valence-electron chi connectivity index (χ3n) is 4.25. The van der Waals surface area contributed by atoms with Gasteiger partial charge in [0.2, 0.25) is 0 Å². The molecule has 1 aromatic carbocycles. The summed E-state index contributed by atoms with van der Waals surface area (Å²) in [6, 6.07) is 5.56. The number of carboxylic acids is 1. The molecule has 1 aliphatic carbocycles. The van der Waals surface area contributed by atoms with Gasteiger partial charge in [-0.25, -0.2) is 4.79 Å². The number of hydrogen-bond acceptors (Lipinski definition) is 3. The van der Waals surface area contributed by atoms with Crippen molar-refractivity contribution in [2.45, 2.75) is 39.2 Å². The zero-order valence-corrected chi connectivity index (χ0v) is 11.5. The summed E-state index contributed by atoms with van der Waals surface area (Å²) in [6.07, 6.45) is 3.49. The van der Waals surface area contributed by atoms with Gasteiger partial charge >= 0.3 is 5.97 Å². The molecule has 1 aliphatic rings. The van der Waals surface area contributed by atoms with Crippen LogP contribution in [-0.4, -0.2) is 17.1 Å². The molecule has 4 nitrogen and oxygen atoms in total. The van der Waals surface area contributed by atoms with Crippen LogP contribution in [0, 0.1) is 11.8 Å². The van der Waals surface area contributed by atoms with E-state index in [0.717, 1.165) is 24.4 Å². The van der Waals surface area contributed by atoms with Gasteiger partial charge in [-0.05, 0) is 49.3 Å². The summed E-state index contributed by atoms with van der Waals surface area (Å²) in [5.41, 5.74) is 6.98. The van der Waals surface area contributed by atoms with Gasteiger partial charge in [-0.15, -0.1) is 0 Å². The fourth-order valence-corrected chi connectivity index (χ4v) is 2.75. The normalized spacial score (nSPS) is 26.9. The first-order valence-corrected chi connectivity index (χ1v) is 6.86. The van der Waals surface area contributed by atoms with Crippen molar-refractivity contribution in [1.82, 2.24) is 0 Å². The molecule has 2 rings (SSSR count). The van der Waals surface area contributed by atoms with Crippen molar-refractivity contribution in [3.63, 3.8) is 0 Å². The topological polar surface area (TPSA) is 75.3 Å². The Balaban J connectivity index is 2.07. The molecule has 3 unspecified atom stereocenters. The van der Waals surface area contributed by atoms with Gasteiger partial charge in [-0.2, -0.15) is 0 Å². The summed E-state index contributed by atoms with van der Waals surface area (Å²) in [4.78, 5) is 11.1. The van der Waals surface area contributed by atoms with E-state index in [-0.39, 0.29) is 5.56 Å². The fourth-order valence-electron chi connectivity index (χ4n) is 2.75. The molecule has 1 fully saturated rings. The highest BCUT2D eigenvalue weighted by molar-refractivity contribution is 5.94. The maximum atomic E-state index is 11.1. The molecule has 4 heteroatoms. The summed E-state index contributed by atoms with van der Waals surface area (Å²) >= 11 is 0. The lowest BCUT2D eigenvalue weighted by Gasteiger charge is -2.33. The molecule has 0 bridgehead atoms. The number of carboxylic acid groups (broad SMARTS) is 1. The van der Waals surface area contributed by atoms with Crippen LogP contribution in [0.5, 0.6) is 0 Å². The zero-order chi connectivity index (χ0) is 14.0. The van der Waals surface area contributed by atoms with Crippen molar-refractivity contribution in [1.29, 1.82) is 0 Å². The van der Waals surface area contributed by atoms with Crippen molar-refractivity contribution >= 4 is 17.3 Å². The fraction of sp³-hybridized carbons (Fsp3) is 0.533. The average Bonchev–Trinajstić information content (AvgIpc) is 2.36. The van der Waals surface area contributed by atoms with E-state index in [4.69, 9.17) is 10.8 Å². The maximum Gasteiger partial charge on any atom is 0.337 e. The van der Waals surface area contributed by atoms with E-state index in [9.17, 15) is 4.79 Å². The minimum absolute atomic E-state index is 0.169. The molecular formula is C15H22N2O2. The standard InChI is InChI=1S/C15H22N2O2/c1-9-3-4-11(7-10(9)2)17-12-5-6-14(16)13(8-12)15(18)19/h5-6,8-11,17H,3-4,7,16H2,1-2H3,(H,18,19). The Morgan fingerprint density at radius 1 is 1.32 bits per heavy atom. The molecule has 1 aromatic rings. The molecule has 1 saturated carbocycles. The molecule has 0 spiro atoms. The van der Waals surface area contributed by atoms with Crippen LogP contribution >= 0.6 is 0 Å². The van der Waals surface area contributed by atoms with Crippen LogP contribution < -0.4 is 11.1 Å². The van der Waals surface area contributed by atoms with Crippen molar-refractivity contribution in [2.24, 2.45) is 11.8 Å². The zero-order valence-electron chi connectivity index (χ0n) is 11.5. The minimum Gasteiger partial charge on any atom is -0.478 e. The quantitative estimate of drug-likeness (QED) is 0.731. The van der Waals surface area contributed by atoms with E-state index < -0.39 is 5.97 Å². The van der Waals surface area contributed by atoms with E-state index in [0.29, 0.717) is 17.6 Å². The number of aromatic carboxylic acids is 1. The lowest BCUT2D eigenvalue weighted by Crippen LogP contribution is -2.30. The minimum atomic E-state index is -0.980. The Hall–Kier alpha value is -1.71. The Bertz CT molecular complexity index is 473. The van der Waals surface area contributed by atoms with Gasteiger partial charge in [0.25, 0.3) is 0 Å². The van der Waals surface area contributed by atoms with E-state index in [1.54, 1.807) is 12.1 Å². The van der Waals surface area contributed by atoms with Crippen molar-refractivity contribution in [3.05, 3.63) is 23.8 Å². The van der Waals surface area contributed by atoms with Crippen LogP contribution in [0.2, 0.25) is 0 Å². The molecule has 104 valence electrons. The van der Waals surface area contributed by atoms with Crippen LogP contribution in [0.15, 0.2) is 18.2 Å². The monoisotopic (exact) mass is 262 g/mol. The maximum absolute atomic E-state index is 11.1. The number of rotatable bonds is 3. The van der Waals surface area contributed by atoms with Gasteiger partial charge < -0.3 is 16.2 Å². The average molecular weight is 262 g/mol. The Kier molecular flexibility index (Phi) is 3.98. The van der Waals surface area contributed by atoms with Crippen molar-refractivity contribution < 1.29 is 9.90 Å². The SMILES string of the molecule is CC1CCC(Nc2ccc(N)c(C(=O)O)c2)CC1C. The van der Waals surface area contributed by atoms with E-state index in [1.165, 1.54) is 6.42 Å². The number of nitrogens with one attached hydrogen (secondary N) is 1. The van der Waals surface area contributed by atoms with E-state index >= 15 is 0 Å². The van der Waals surface area contributed by atoms with Gasteiger partial charge in [-0.3, -0.25) is 0 Å². The van der Waals surface area contributed by atoms with E-state index in [1.807, 2.05) is 6.07 Å². The highest BCUT2D eigenvalue weighted by atomic mass is 16.4. The Morgan fingerprint density at radius 3 is 2.68 bits per heavy atom. The van der Waals surface area contributed by atoms with E-state index in [2.05, 4.69) is 19.2 Å². The highest BCUT2D eigenvalue weighted by Gasteiger charge is 2.24. The lowest BCUT2D eigenvalue weighted by molar-refractivity contribution is 0.0698. The first kappa shape index (κ1) is 13.7. The third-order valence-corrected chi connectivity index (χ3v) is 4.25. The van der Waals surface area contributed by atoms with Gasteiger partial charge in [0.15, 0.2) is 0 Å². The molecule has 0 saturated heterocycles. The largest absolute Gasteiger partial charge is 0.478 e. The molecular weight excluding hydrogens is 240 g/mol. The van der Waals surface area contributed by atoms with Crippen LogP contribution in [0.1, 0.15) is 43.5 Å². The first-order chi connectivity index (χ1) is 8.97. The van der Waals surface area contributed by atoms with Crippen LogP contribution in [-0.2, 0) is 0 Å². The summed E-state index contributed by atoms with van der Waals surface area (Å²) in [6.45, 7) is 4.58. The van der Waals surface area contributed by atoms with Gasteiger partial charge in [0, 0.05) is 17.4 Å². The Morgan fingerprint density at radius 2 is 2.05 bits per heavy atom. The van der Waals surface area contributed by atoms with Gasteiger partial charge in [-0.1, -0.05) is 13.8 Å². The van der Waals surface area contributed by atoms with Crippen molar-refractivity contribution in [3.8, 4) is 0 Å². The summed E-state index contributed by atoms with van der Waals surface area (Å²) in [5.74, 6) is 0.504. The van der Waals surface area contributed by atoms with Gasteiger partial charge in [0.1, 0.15) is 0 Å². The molecule has 0 aliphatic heterocycles. The number of benzene rings is 1. The lowest BCUT2D eigenvalue weighted by atomic mass is 9.79. The predicted octanol–water partition coefficient (Wildman–Crippen LogP) is 3.20. The van der Waals surface area contributed by atoms with Crippen LogP contribution in [0.4, 0.5) is 11.4 Å². The molecule has 19 heavy (non-hydrogen) atoms. The number of nitrogens with two attached hydrogens (primary N) is 1. The van der Waals surface area contributed by atoms with Crippen molar-refractivity contribution in [2.75, 3.05) is 11.1 Å². The molecule has 0 radical (unpaired) electrons. The molecule has 3 atom stereocenters. The third kappa shape index (κ3) is 3.19. The predicted molar refractivity (Wildman–Crippen MR) is 77.4 cm³/mol. The highest BCUT2D eigenvalue weighted by Crippen LogP contribution is 2.31. The number of anilines is 2. The smallest absolute Gasteiger partial charge is 0.337 e. The Labute approximate surface area is 114 Å².